The highest BCUT2D eigenvalue weighted by molar-refractivity contribution is 5.61. The van der Waals surface area contributed by atoms with E-state index in [4.69, 9.17) is 15.4 Å². The van der Waals surface area contributed by atoms with Gasteiger partial charge in [0.1, 0.15) is 6.10 Å². The first-order valence-corrected chi connectivity index (χ1v) is 1.77. The third kappa shape index (κ3) is 3.21. The number of hydrogen-bond acceptors (Lipinski definition) is 4. The molecule has 1 atom stereocenters. The Labute approximate surface area is 40.7 Å². The monoisotopic (exact) mass is 105 g/mol. The Morgan fingerprint density at radius 3 is 2.43 bits per heavy atom. The number of aliphatic hydroxyl groups excluding tert-OH is 2. The highest BCUT2D eigenvalue weighted by Gasteiger charge is 1.92. The van der Waals surface area contributed by atoms with Crippen molar-refractivity contribution in [2.45, 2.75) is 6.10 Å². The number of aliphatic hydroxyl groups is 2. The van der Waals surface area contributed by atoms with Gasteiger partial charge in [-0.2, -0.15) is 0 Å². The normalized spacial score (nSPS) is 15.1. The van der Waals surface area contributed by atoms with E-state index in [2.05, 4.69) is 5.16 Å². The van der Waals surface area contributed by atoms with Crippen LogP contribution in [-0.4, -0.2) is 34.3 Å². The summed E-state index contributed by atoms with van der Waals surface area (Å²) in [7, 11) is 0. The summed E-state index contributed by atoms with van der Waals surface area (Å²) < 4.78 is 0. The molecular weight excluding hydrogens is 98.0 g/mol. The number of oxime groups is 1. The van der Waals surface area contributed by atoms with Gasteiger partial charge in [0.15, 0.2) is 0 Å². The summed E-state index contributed by atoms with van der Waals surface area (Å²) in [5.41, 5.74) is 0. The first-order valence-electron chi connectivity index (χ1n) is 1.77. The van der Waals surface area contributed by atoms with Crippen molar-refractivity contribution >= 4 is 6.21 Å². The van der Waals surface area contributed by atoms with Crippen molar-refractivity contribution in [1.29, 1.82) is 0 Å². The zero-order valence-corrected chi connectivity index (χ0v) is 3.65. The molecule has 0 aliphatic heterocycles. The van der Waals surface area contributed by atoms with Gasteiger partial charge in [-0.3, -0.25) is 0 Å². The standard InChI is InChI=1S/C3H7NO3/c5-2-3(6)1-4-7/h1,3,5-7H,2H2/b4-1+/t3-/m1/s1. The molecule has 0 rings (SSSR count). The predicted octanol–water partition coefficient (Wildman–Crippen LogP) is -1.20. The molecule has 4 nitrogen and oxygen atoms in total. The molecule has 0 saturated heterocycles. The van der Waals surface area contributed by atoms with Gasteiger partial charge in [-0.15, -0.1) is 0 Å². The Hall–Kier alpha value is -0.610. The highest BCUT2D eigenvalue weighted by atomic mass is 16.4. The van der Waals surface area contributed by atoms with Crippen LogP contribution >= 0.6 is 0 Å². The Morgan fingerprint density at radius 2 is 2.29 bits per heavy atom. The molecule has 0 aromatic heterocycles. The summed E-state index contributed by atoms with van der Waals surface area (Å²) in [6.45, 7) is -0.413. The van der Waals surface area contributed by atoms with Crippen molar-refractivity contribution in [3.05, 3.63) is 0 Å². The van der Waals surface area contributed by atoms with E-state index in [1.54, 1.807) is 0 Å². The van der Waals surface area contributed by atoms with Crippen LogP contribution < -0.4 is 0 Å². The van der Waals surface area contributed by atoms with Crippen molar-refractivity contribution in [1.82, 2.24) is 0 Å². The number of nitrogens with zero attached hydrogens (tertiary/aromatic N) is 1. The predicted molar refractivity (Wildman–Crippen MR) is 23.4 cm³/mol. The van der Waals surface area contributed by atoms with Crippen LogP contribution in [0.25, 0.3) is 0 Å². The maximum Gasteiger partial charge on any atom is 0.115 e. The molecule has 0 aliphatic rings. The van der Waals surface area contributed by atoms with Gasteiger partial charge in [0.05, 0.1) is 12.8 Å². The quantitative estimate of drug-likeness (QED) is 0.234. The number of rotatable bonds is 2. The van der Waals surface area contributed by atoms with Crippen LogP contribution in [0.15, 0.2) is 5.16 Å². The third-order valence-corrected chi connectivity index (χ3v) is 0.426. The summed E-state index contributed by atoms with van der Waals surface area (Å²) in [6.07, 6.45) is -0.204. The fraction of sp³-hybridized carbons (Fsp3) is 0.667. The Kier molecular flexibility index (Phi) is 3.26. The molecule has 0 aromatic rings. The van der Waals surface area contributed by atoms with Gasteiger partial charge in [-0.25, -0.2) is 0 Å². The van der Waals surface area contributed by atoms with Crippen LogP contribution in [0, 0.1) is 0 Å². The summed E-state index contributed by atoms with van der Waals surface area (Å²) >= 11 is 0. The van der Waals surface area contributed by atoms with E-state index >= 15 is 0 Å². The molecule has 3 N–H and O–H groups in total. The van der Waals surface area contributed by atoms with E-state index in [0.717, 1.165) is 6.21 Å². The molecule has 0 fully saturated rings. The second-order valence-corrected chi connectivity index (χ2v) is 1.01. The van der Waals surface area contributed by atoms with Crippen LogP contribution in [0.3, 0.4) is 0 Å². The Bertz CT molecular complexity index is 63.2. The fourth-order valence-corrected chi connectivity index (χ4v) is 0.124. The summed E-state index contributed by atoms with van der Waals surface area (Å²) in [5.74, 6) is 0. The van der Waals surface area contributed by atoms with E-state index in [9.17, 15) is 0 Å². The Balaban J connectivity index is 3.16. The average molecular weight is 105 g/mol. The molecule has 0 aliphatic carbocycles. The van der Waals surface area contributed by atoms with Crippen molar-refractivity contribution in [3.63, 3.8) is 0 Å². The molecule has 0 heterocycles. The second kappa shape index (κ2) is 3.58. The minimum Gasteiger partial charge on any atom is -0.411 e. The molecule has 0 radical (unpaired) electrons. The molecule has 0 amide bonds. The average Bonchev–Trinajstić information content (AvgIpc) is 1.68. The van der Waals surface area contributed by atoms with Crippen LogP contribution in [0.1, 0.15) is 0 Å². The van der Waals surface area contributed by atoms with E-state index in [1.165, 1.54) is 0 Å². The fourth-order valence-electron chi connectivity index (χ4n) is 0.124. The van der Waals surface area contributed by atoms with Crippen molar-refractivity contribution in [2.24, 2.45) is 5.16 Å². The zero-order valence-electron chi connectivity index (χ0n) is 3.65. The van der Waals surface area contributed by atoms with Crippen molar-refractivity contribution in [3.8, 4) is 0 Å². The topological polar surface area (TPSA) is 73.0 Å². The van der Waals surface area contributed by atoms with Gasteiger partial charge in [-0.1, -0.05) is 5.16 Å². The Morgan fingerprint density at radius 1 is 1.71 bits per heavy atom. The number of hydrogen-bond donors (Lipinski definition) is 3. The molecule has 42 valence electrons. The third-order valence-electron chi connectivity index (χ3n) is 0.426. The second-order valence-electron chi connectivity index (χ2n) is 1.01. The molecule has 0 saturated carbocycles. The molecule has 7 heavy (non-hydrogen) atoms. The van der Waals surface area contributed by atoms with Crippen molar-refractivity contribution in [2.75, 3.05) is 6.61 Å². The van der Waals surface area contributed by atoms with Gasteiger partial charge in [0.2, 0.25) is 0 Å². The SMILES string of the molecule is OC[C@H](O)/C=N/O. The minimum atomic E-state index is -1.04. The summed E-state index contributed by atoms with van der Waals surface area (Å²) in [6, 6.07) is 0. The smallest absolute Gasteiger partial charge is 0.115 e. The molecule has 0 bridgehead atoms. The lowest BCUT2D eigenvalue weighted by atomic mass is 10.4. The van der Waals surface area contributed by atoms with E-state index in [1.807, 2.05) is 0 Å². The lowest BCUT2D eigenvalue weighted by Gasteiger charge is -1.92. The lowest BCUT2D eigenvalue weighted by Crippen LogP contribution is -2.12. The van der Waals surface area contributed by atoms with E-state index in [0.29, 0.717) is 0 Å². The van der Waals surface area contributed by atoms with E-state index in [-0.39, 0.29) is 0 Å². The van der Waals surface area contributed by atoms with Gasteiger partial charge in [0, 0.05) is 0 Å². The molecule has 0 aromatic carbocycles. The van der Waals surface area contributed by atoms with Crippen LogP contribution in [0.4, 0.5) is 0 Å². The van der Waals surface area contributed by atoms with Gasteiger partial charge in [0.25, 0.3) is 0 Å². The summed E-state index contributed by atoms with van der Waals surface area (Å²) in [5, 5.41) is 26.4. The maximum atomic E-state index is 8.30. The molecule has 0 unspecified atom stereocenters. The van der Waals surface area contributed by atoms with Gasteiger partial charge in [-0.05, 0) is 0 Å². The van der Waals surface area contributed by atoms with Gasteiger partial charge < -0.3 is 15.4 Å². The highest BCUT2D eigenvalue weighted by Crippen LogP contribution is 1.70. The van der Waals surface area contributed by atoms with Crippen molar-refractivity contribution < 1.29 is 15.4 Å². The first kappa shape index (κ1) is 6.39. The molecule has 0 spiro atoms. The minimum absolute atomic E-state index is 0.413. The zero-order chi connectivity index (χ0) is 5.70. The molecular formula is C3H7NO3. The van der Waals surface area contributed by atoms with Crippen LogP contribution in [0.2, 0.25) is 0 Å². The van der Waals surface area contributed by atoms with Crippen LogP contribution in [-0.2, 0) is 0 Å². The maximum absolute atomic E-state index is 8.30. The lowest BCUT2D eigenvalue weighted by molar-refractivity contribution is 0.145. The molecule has 4 heteroatoms. The van der Waals surface area contributed by atoms with E-state index < -0.39 is 12.7 Å². The largest absolute Gasteiger partial charge is 0.411 e. The van der Waals surface area contributed by atoms with Gasteiger partial charge >= 0.3 is 0 Å². The van der Waals surface area contributed by atoms with Crippen LogP contribution in [0.5, 0.6) is 0 Å². The summed E-state index contributed by atoms with van der Waals surface area (Å²) in [4.78, 5) is 0. The first-order chi connectivity index (χ1) is 3.31.